The minimum atomic E-state index is -0.275. The number of nitrogens with one attached hydrogen (secondary N) is 1. The molecule has 0 aromatic heterocycles. The van der Waals surface area contributed by atoms with Gasteiger partial charge in [0.25, 0.3) is 0 Å². The molecule has 2 aliphatic rings. The maximum Gasteiger partial charge on any atom is 0.247 e. The molecule has 1 heterocycles. The maximum atomic E-state index is 12.5. The predicted molar refractivity (Wildman–Crippen MR) is 83.9 cm³/mol. The number of amides is 2. The highest BCUT2D eigenvalue weighted by Gasteiger charge is 2.41. The Bertz CT molecular complexity index is 358. The predicted octanol–water partition coefficient (Wildman–Crippen LogP) is 3.01. The van der Waals surface area contributed by atoms with E-state index in [9.17, 15) is 9.59 Å². The summed E-state index contributed by atoms with van der Waals surface area (Å²) in [5, 5.41) is 3.49. The van der Waals surface area contributed by atoms with Crippen molar-refractivity contribution in [2.24, 2.45) is 0 Å². The molecule has 2 fully saturated rings. The van der Waals surface area contributed by atoms with Crippen LogP contribution >= 0.6 is 0 Å². The van der Waals surface area contributed by atoms with E-state index in [1.165, 1.54) is 37.0 Å². The SMILES string of the molecule is CCC(CC)N1C(=O)CC(NC2CCCCCCC2)C1=O. The Balaban J connectivity index is 1.94. The van der Waals surface area contributed by atoms with Gasteiger partial charge in [-0.25, -0.2) is 0 Å². The first-order valence-corrected chi connectivity index (χ1v) is 8.79. The van der Waals surface area contributed by atoms with Crippen molar-refractivity contribution in [2.45, 2.75) is 96.2 Å². The van der Waals surface area contributed by atoms with Gasteiger partial charge in [-0.05, 0) is 25.7 Å². The first-order valence-electron chi connectivity index (χ1n) is 8.79. The number of carbonyl (C=O) groups excluding carboxylic acids is 2. The quantitative estimate of drug-likeness (QED) is 0.793. The van der Waals surface area contributed by atoms with Crippen molar-refractivity contribution < 1.29 is 9.59 Å². The molecule has 1 saturated heterocycles. The van der Waals surface area contributed by atoms with Crippen molar-refractivity contribution in [3.63, 3.8) is 0 Å². The molecule has 4 nitrogen and oxygen atoms in total. The molecule has 0 spiro atoms. The lowest BCUT2D eigenvalue weighted by molar-refractivity contribution is -0.141. The second-order valence-corrected chi connectivity index (χ2v) is 6.54. The third-order valence-corrected chi connectivity index (χ3v) is 5.03. The number of imide groups is 1. The van der Waals surface area contributed by atoms with Crippen LogP contribution in [-0.2, 0) is 9.59 Å². The smallest absolute Gasteiger partial charge is 0.247 e. The first-order chi connectivity index (χ1) is 10.2. The average molecular weight is 294 g/mol. The van der Waals surface area contributed by atoms with E-state index in [1.54, 1.807) is 0 Å². The molecule has 1 aliphatic carbocycles. The van der Waals surface area contributed by atoms with E-state index >= 15 is 0 Å². The molecular weight excluding hydrogens is 264 g/mol. The van der Waals surface area contributed by atoms with E-state index in [2.05, 4.69) is 5.32 Å². The Morgan fingerprint density at radius 1 is 1.05 bits per heavy atom. The normalized spacial score (nSPS) is 25.5. The summed E-state index contributed by atoms with van der Waals surface area (Å²) in [4.78, 5) is 26.3. The molecule has 0 aromatic rings. The summed E-state index contributed by atoms with van der Waals surface area (Å²) < 4.78 is 0. The van der Waals surface area contributed by atoms with Crippen molar-refractivity contribution in [3.05, 3.63) is 0 Å². The summed E-state index contributed by atoms with van der Waals surface area (Å²) in [6.07, 6.45) is 10.8. The Morgan fingerprint density at radius 3 is 2.19 bits per heavy atom. The Kier molecular flexibility index (Phi) is 6.22. The van der Waals surface area contributed by atoms with Crippen molar-refractivity contribution in [3.8, 4) is 0 Å². The van der Waals surface area contributed by atoms with Crippen LogP contribution in [0.25, 0.3) is 0 Å². The molecule has 1 atom stereocenters. The lowest BCUT2D eigenvalue weighted by Gasteiger charge is -2.26. The van der Waals surface area contributed by atoms with Crippen molar-refractivity contribution in [1.29, 1.82) is 0 Å². The minimum Gasteiger partial charge on any atom is -0.303 e. The number of nitrogens with zero attached hydrogens (tertiary/aromatic N) is 1. The third-order valence-electron chi connectivity index (χ3n) is 5.03. The van der Waals surface area contributed by atoms with E-state index in [0.717, 1.165) is 25.7 Å². The number of hydrogen-bond donors (Lipinski definition) is 1. The van der Waals surface area contributed by atoms with Crippen molar-refractivity contribution in [2.75, 3.05) is 0 Å². The van der Waals surface area contributed by atoms with Crippen LogP contribution in [0.15, 0.2) is 0 Å². The largest absolute Gasteiger partial charge is 0.303 e. The van der Waals surface area contributed by atoms with E-state index in [0.29, 0.717) is 12.5 Å². The fourth-order valence-electron chi connectivity index (χ4n) is 3.73. The van der Waals surface area contributed by atoms with Crippen molar-refractivity contribution >= 4 is 11.8 Å². The molecular formula is C17H30N2O2. The minimum absolute atomic E-state index is 0.00996. The van der Waals surface area contributed by atoms with Gasteiger partial charge in [-0.3, -0.25) is 14.5 Å². The van der Waals surface area contributed by atoms with E-state index in [1.807, 2.05) is 13.8 Å². The average Bonchev–Trinajstić information content (AvgIpc) is 2.71. The van der Waals surface area contributed by atoms with Gasteiger partial charge >= 0.3 is 0 Å². The monoisotopic (exact) mass is 294 g/mol. The molecule has 120 valence electrons. The molecule has 1 aliphatic heterocycles. The van der Waals surface area contributed by atoms with Crippen molar-refractivity contribution in [1.82, 2.24) is 10.2 Å². The van der Waals surface area contributed by atoms with Crippen LogP contribution < -0.4 is 5.32 Å². The van der Waals surface area contributed by atoms with Gasteiger partial charge in [-0.1, -0.05) is 46.0 Å². The number of likely N-dealkylation sites (tertiary alicyclic amines) is 1. The molecule has 2 amide bonds. The lowest BCUT2D eigenvalue weighted by Crippen LogP contribution is -2.46. The van der Waals surface area contributed by atoms with Gasteiger partial charge in [0.15, 0.2) is 0 Å². The fourth-order valence-corrected chi connectivity index (χ4v) is 3.73. The van der Waals surface area contributed by atoms with Gasteiger partial charge in [0.2, 0.25) is 11.8 Å². The van der Waals surface area contributed by atoms with Crippen LogP contribution in [0, 0.1) is 0 Å². The van der Waals surface area contributed by atoms with E-state index < -0.39 is 0 Å². The van der Waals surface area contributed by atoms with Gasteiger partial charge in [-0.15, -0.1) is 0 Å². The maximum absolute atomic E-state index is 12.5. The standard InChI is InChI=1S/C17H30N2O2/c1-3-14(4-2)19-16(20)12-15(17(19)21)18-13-10-8-6-5-7-9-11-13/h13-15,18H,3-12H2,1-2H3. The highest BCUT2D eigenvalue weighted by atomic mass is 16.2. The summed E-state index contributed by atoms with van der Waals surface area (Å²) in [5.74, 6) is 0.0211. The Labute approximate surface area is 128 Å². The highest BCUT2D eigenvalue weighted by Crippen LogP contribution is 2.23. The zero-order valence-electron chi connectivity index (χ0n) is 13.6. The van der Waals surface area contributed by atoms with Gasteiger partial charge in [0.05, 0.1) is 12.5 Å². The highest BCUT2D eigenvalue weighted by molar-refractivity contribution is 6.05. The summed E-state index contributed by atoms with van der Waals surface area (Å²) in [6.45, 7) is 4.09. The fraction of sp³-hybridized carbons (Fsp3) is 0.882. The molecule has 2 rings (SSSR count). The Hall–Kier alpha value is -0.900. The molecule has 0 radical (unpaired) electrons. The number of carbonyl (C=O) groups is 2. The van der Waals surface area contributed by atoms with Crippen LogP contribution in [-0.4, -0.2) is 34.8 Å². The van der Waals surface area contributed by atoms with Gasteiger partial charge in [0.1, 0.15) is 0 Å². The third kappa shape index (κ3) is 4.06. The van der Waals surface area contributed by atoms with Crippen LogP contribution in [0.1, 0.15) is 78.1 Å². The van der Waals surface area contributed by atoms with Gasteiger partial charge in [0, 0.05) is 12.1 Å². The molecule has 1 unspecified atom stereocenters. The second kappa shape index (κ2) is 7.92. The van der Waals surface area contributed by atoms with Crippen LogP contribution in [0.2, 0.25) is 0 Å². The Morgan fingerprint density at radius 2 is 1.62 bits per heavy atom. The van der Waals surface area contributed by atoms with E-state index in [-0.39, 0.29) is 23.9 Å². The molecule has 1 N–H and O–H groups in total. The molecule has 1 saturated carbocycles. The number of rotatable bonds is 5. The molecule has 21 heavy (non-hydrogen) atoms. The molecule has 4 heteroatoms. The second-order valence-electron chi connectivity index (χ2n) is 6.54. The topological polar surface area (TPSA) is 49.4 Å². The summed E-state index contributed by atoms with van der Waals surface area (Å²) in [7, 11) is 0. The van der Waals surface area contributed by atoms with Crippen LogP contribution in [0.3, 0.4) is 0 Å². The van der Waals surface area contributed by atoms with E-state index in [4.69, 9.17) is 0 Å². The van der Waals surface area contributed by atoms with Gasteiger partial charge in [-0.2, -0.15) is 0 Å². The van der Waals surface area contributed by atoms with Crippen LogP contribution in [0.5, 0.6) is 0 Å². The lowest BCUT2D eigenvalue weighted by atomic mass is 9.96. The zero-order valence-corrected chi connectivity index (χ0v) is 13.6. The van der Waals surface area contributed by atoms with Gasteiger partial charge < -0.3 is 5.32 Å². The summed E-state index contributed by atoms with van der Waals surface area (Å²) in [6, 6.07) is 0.213. The summed E-state index contributed by atoms with van der Waals surface area (Å²) in [5.41, 5.74) is 0. The number of hydrogen-bond acceptors (Lipinski definition) is 3. The first kappa shape index (κ1) is 16.5. The molecule has 0 bridgehead atoms. The zero-order chi connectivity index (χ0) is 15.2. The van der Waals surface area contributed by atoms with Crippen LogP contribution in [0.4, 0.5) is 0 Å². The molecule has 0 aromatic carbocycles. The summed E-state index contributed by atoms with van der Waals surface area (Å²) >= 11 is 0.